The van der Waals surface area contributed by atoms with Crippen LogP contribution in [0, 0.1) is 0 Å². The Labute approximate surface area is 94.5 Å². The zero-order valence-electron chi connectivity index (χ0n) is 8.93. The smallest absolute Gasteiger partial charge is 0.127 e. The molecule has 0 bridgehead atoms. The summed E-state index contributed by atoms with van der Waals surface area (Å²) in [7, 11) is 0. The van der Waals surface area contributed by atoms with E-state index in [1.54, 1.807) is 24.7 Å². The number of nitrogens with zero attached hydrogens (tertiary/aromatic N) is 2. The van der Waals surface area contributed by atoms with Crippen LogP contribution in [-0.2, 0) is 6.42 Å². The lowest BCUT2D eigenvalue weighted by Crippen LogP contribution is -2.06. The molecule has 0 unspecified atom stereocenters. The first-order valence-electron chi connectivity index (χ1n) is 5.19. The molecule has 0 aliphatic heterocycles. The van der Waals surface area contributed by atoms with E-state index in [4.69, 9.17) is 5.73 Å². The molecule has 4 nitrogen and oxygen atoms in total. The van der Waals surface area contributed by atoms with E-state index in [9.17, 15) is 0 Å². The molecule has 0 spiro atoms. The molecule has 4 heteroatoms. The highest BCUT2D eigenvalue weighted by Crippen LogP contribution is 2.07. The Balaban J connectivity index is 1.85. The van der Waals surface area contributed by atoms with E-state index in [0.29, 0.717) is 0 Å². The van der Waals surface area contributed by atoms with Crippen molar-refractivity contribution in [2.45, 2.75) is 6.42 Å². The highest BCUT2D eigenvalue weighted by Gasteiger charge is 1.95. The van der Waals surface area contributed by atoms with Gasteiger partial charge in [-0.3, -0.25) is 4.98 Å². The van der Waals surface area contributed by atoms with E-state index < -0.39 is 0 Å². The maximum Gasteiger partial charge on any atom is 0.127 e. The maximum absolute atomic E-state index is 5.65. The summed E-state index contributed by atoms with van der Waals surface area (Å²) >= 11 is 0. The normalized spacial score (nSPS) is 10.0. The molecule has 0 aromatic carbocycles. The highest BCUT2D eigenvalue weighted by atomic mass is 15.0. The summed E-state index contributed by atoms with van der Waals surface area (Å²) in [5.74, 6) is 0.814. The molecule has 2 aromatic rings. The van der Waals surface area contributed by atoms with E-state index in [-0.39, 0.29) is 0 Å². The van der Waals surface area contributed by atoms with Crippen molar-refractivity contribution in [2.24, 2.45) is 0 Å². The summed E-state index contributed by atoms with van der Waals surface area (Å²) < 4.78 is 0. The Bertz CT molecular complexity index is 442. The van der Waals surface area contributed by atoms with E-state index in [1.165, 1.54) is 5.56 Å². The Kier molecular flexibility index (Phi) is 3.33. The zero-order chi connectivity index (χ0) is 11.2. The molecule has 0 aliphatic carbocycles. The molecular formula is C12H14N4. The van der Waals surface area contributed by atoms with Gasteiger partial charge in [0, 0.05) is 36.9 Å². The van der Waals surface area contributed by atoms with Gasteiger partial charge in [-0.2, -0.15) is 0 Å². The van der Waals surface area contributed by atoms with Gasteiger partial charge in [0.25, 0.3) is 0 Å². The predicted octanol–water partition coefficient (Wildman–Crippen LogP) is 1.71. The lowest BCUT2D eigenvalue weighted by molar-refractivity contribution is 1.00. The first-order chi connectivity index (χ1) is 7.84. The first kappa shape index (κ1) is 10.4. The molecule has 0 radical (unpaired) electrons. The molecular weight excluding hydrogens is 200 g/mol. The molecule has 2 aromatic heterocycles. The van der Waals surface area contributed by atoms with E-state index in [1.807, 2.05) is 18.2 Å². The molecule has 0 amide bonds. The number of aromatic nitrogens is 2. The van der Waals surface area contributed by atoms with Gasteiger partial charge in [-0.25, -0.2) is 4.98 Å². The van der Waals surface area contributed by atoms with Gasteiger partial charge in [0.15, 0.2) is 0 Å². The lowest BCUT2D eigenvalue weighted by Gasteiger charge is -2.05. The topological polar surface area (TPSA) is 63.8 Å². The van der Waals surface area contributed by atoms with Crippen LogP contribution in [0.15, 0.2) is 42.9 Å². The van der Waals surface area contributed by atoms with Crippen LogP contribution in [0.4, 0.5) is 11.5 Å². The fourth-order valence-corrected chi connectivity index (χ4v) is 1.43. The molecule has 0 atom stereocenters. The molecule has 2 heterocycles. The third kappa shape index (κ3) is 2.95. The van der Waals surface area contributed by atoms with Gasteiger partial charge in [-0.15, -0.1) is 0 Å². The monoisotopic (exact) mass is 214 g/mol. The average molecular weight is 214 g/mol. The second kappa shape index (κ2) is 5.11. The number of hydrogen-bond acceptors (Lipinski definition) is 4. The van der Waals surface area contributed by atoms with Gasteiger partial charge in [0.05, 0.1) is 0 Å². The largest absolute Gasteiger partial charge is 0.399 e. The minimum absolute atomic E-state index is 0.724. The van der Waals surface area contributed by atoms with Crippen LogP contribution in [0.3, 0.4) is 0 Å². The lowest BCUT2D eigenvalue weighted by atomic mass is 10.2. The van der Waals surface area contributed by atoms with Crippen molar-refractivity contribution in [1.29, 1.82) is 0 Å². The van der Waals surface area contributed by atoms with Crippen molar-refractivity contribution in [3.63, 3.8) is 0 Å². The molecule has 0 saturated heterocycles. The van der Waals surface area contributed by atoms with Crippen LogP contribution in [0.5, 0.6) is 0 Å². The van der Waals surface area contributed by atoms with Gasteiger partial charge in [-0.05, 0) is 30.2 Å². The van der Waals surface area contributed by atoms with Crippen LogP contribution in [0.1, 0.15) is 5.56 Å². The fourth-order valence-electron chi connectivity index (χ4n) is 1.43. The van der Waals surface area contributed by atoms with Crippen LogP contribution >= 0.6 is 0 Å². The van der Waals surface area contributed by atoms with Crippen LogP contribution in [0.25, 0.3) is 0 Å². The number of rotatable bonds is 4. The summed E-state index contributed by atoms with van der Waals surface area (Å²) in [6.07, 6.45) is 6.24. The number of nitrogens with two attached hydrogens (primary N) is 1. The van der Waals surface area contributed by atoms with Gasteiger partial charge in [0.2, 0.25) is 0 Å². The minimum atomic E-state index is 0.724. The molecule has 0 fully saturated rings. The Morgan fingerprint density at radius 1 is 1.12 bits per heavy atom. The zero-order valence-corrected chi connectivity index (χ0v) is 8.93. The molecule has 82 valence electrons. The third-order valence-corrected chi connectivity index (χ3v) is 2.25. The third-order valence-electron chi connectivity index (χ3n) is 2.25. The molecule has 0 saturated carbocycles. The van der Waals surface area contributed by atoms with Gasteiger partial charge in [-0.1, -0.05) is 0 Å². The van der Waals surface area contributed by atoms with Crippen molar-refractivity contribution in [3.05, 3.63) is 48.4 Å². The number of nitrogens with one attached hydrogen (secondary N) is 1. The first-order valence-corrected chi connectivity index (χ1v) is 5.19. The fraction of sp³-hybridized carbons (Fsp3) is 0.167. The van der Waals surface area contributed by atoms with E-state index in [0.717, 1.165) is 24.5 Å². The summed E-state index contributed by atoms with van der Waals surface area (Å²) in [6, 6.07) is 7.61. The SMILES string of the molecule is Nc1ccnc(NCCc2ccncc2)c1. The number of pyridine rings is 2. The Hall–Kier alpha value is -2.10. The van der Waals surface area contributed by atoms with E-state index in [2.05, 4.69) is 15.3 Å². The van der Waals surface area contributed by atoms with Gasteiger partial charge >= 0.3 is 0 Å². The maximum atomic E-state index is 5.65. The van der Waals surface area contributed by atoms with Crippen LogP contribution < -0.4 is 11.1 Å². The Morgan fingerprint density at radius 2 is 1.94 bits per heavy atom. The minimum Gasteiger partial charge on any atom is -0.399 e. The highest BCUT2D eigenvalue weighted by molar-refractivity contribution is 5.48. The van der Waals surface area contributed by atoms with Crippen LogP contribution in [0.2, 0.25) is 0 Å². The van der Waals surface area contributed by atoms with Gasteiger partial charge < -0.3 is 11.1 Å². The molecule has 3 N–H and O–H groups in total. The van der Waals surface area contributed by atoms with E-state index >= 15 is 0 Å². The van der Waals surface area contributed by atoms with Crippen molar-refractivity contribution in [1.82, 2.24) is 9.97 Å². The summed E-state index contributed by atoms with van der Waals surface area (Å²) in [6.45, 7) is 0.834. The average Bonchev–Trinajstić information content (AvgIpc) is 2.30. The molecule has 2 rings (SSSR count). The number of nitrogen functional groups attached to an aromatic ring is 1. The standard InChI is InChI=1S/C12H14N4/c13-11-4-8-16-12(9-11)15-7-3-10-1-5-14-6-2-10/h1-2,4-6,8-9H,3,7H2,(H3,13,15,16). The number of hydrogen-bond donors (Lipinski definition) is 2. The second-order valence-electron chi connectivity index (χ2n) is 3.51. The number of anilines is 2. The second-order valence-corrected chi connectivity index (χ2v) is 3.51. The molecule has 0 aliphatic rings. The molecule has 16 heavy (non-hydrogen) atoms. The van der Waals surface area contributed by atoms with Crippen molar-refractivity contribution in [3.8, 4) is 0 Å². The van der Waals surface area contributed by atoms with Crippen molar-refractivity contribution < 1.29 is 0 Å². The summed E-state index contributed by atoms with van der Waals surface area (Å²) in [5, 5.41) is 3.22. The van der Waals surface area contributed by atoms with Crippen molar-refractivity contribution in [2.75, 3.05) is 17.6 Å². The van der Waals surface area contributed by atoms with Crippen molar-refractivity contribution >= 4 is 11.5 Å². The summed E-state index contributed by atoms with van der Waals surface area (Å²) in [5.41, 5.74) is 7.63. The van der Waals surface area contributed by atoms with Gasteiger partial charge in [0.1, 0.15) is 5.82 Å². The Morgan fingerprint density at radius 3 is 2.69 bits per heavy atom. The predicted molar refractivity (Wildman–Crippen MR) is 65.1 cm³/mol. The summed E-state index contributed by atoms with van der Waals surface area (Å²) in [4.78, 5) is 8.14. The van der Waals surface area contributed by atoms with Crippen LogP contribution in [-0.4, -0.2) is 16.5 Å². The quantitative estimate of drug-likeness (QED) is 0.813.